The second-order valence-electron chi connectivity index (χ2n) is 11.7. The molecule has 2 N–H and O–H groups in total. The molecule has 3 aliphatic carbocycles. The van der Waals surface area contributed by atoms with Gasteiger partial charge in [0.25, 0.3) is 0 Å². The van der Waals surface area contributed by atoms with Gasteiger partial charge in [-0.15, -0.1) is 0 Å². The summed E-state index contributed by atoms with van der Waals surface area (Å²) < 4.78 is 6.57. The highest BCUT2D eigenvalue weighted by Gasteiger charge is 2.72. The van der Waals surface area contributed by atoms with E-state index >= 15 is 0 Å². The summed E-state index contributed by atoms with van der Waals surface area (Å²) in [6, 6.07) is 11.3. The zero-order valence-electron chi connectivity index (χ0n) is 21.4. The largest absolute Gasteiger partial charge is 0.504 e. The molecule has 0 radical (unpaired) electrons. The lowest BCUT2D eigenvalue weighted by molar-refractivity contribution is -0.154. The zero-order valence-corrected chi connectivity index (χ0v) is 21.4. The van der Waals surface area contributed by atoms with Crippen molar-refractivity contribution in [3.63, 3.8) is 0 Å². The molecule has 5 atom stereocenters. The number of hydrogen-bond donors (Lipinski definition) is 2. The molecule has 6 heteroatoms. The summed E-state index contributed by atoms with van der Waals surface area (Å²) in [6.07, 6.45) is 10.9. The van der Waals surface area contributed by atoms with E-state index in [0.717, 1.165) is 54.1 Å². The van der Waals surface area contributed by atoms with Crippen LogP contribution in [0.2, 0.25) is 0 Å². The number of ether oxygens (including phenoxy) is 1. The van der Waals surface area contributed by atoms with E-state index in [1.807, 2.05) is 55.5 Å². The Morgan fingerprint density at radius 3 is 2.89 bits per heavy atom. The van der Waals surface area contributed by atoms with Gasteiger partial charge in [0.2, 0.25) is 5.91 Å². The highest BCUT2D eigenvalue weighted by atomic mass is 16.5. The molecule has 37 heavy (non-hydrogen) atoms. The lowest BCUT2D eigenvalue weighted by Crippen LogP contribution is -2.76. The molecule has 1 saturated carbocycles. The Morgan fingerprint density at radius 2 is 2.11 bits per heavy atom. The van der Waals surface area contributed by atoms with Crippen molar-refractivity contribution >= 4 is 12.0 Å². The predicted molar refractivity (Wildman–Crippen MR) is 141 cm³/mol. The van der Waals surface area contributed by atoms with Crippen molar-refractivity contribution in [1.29, 1.82) is 0 Å². The second kappa shape index (κ2) is 7.95. The smallest absolute Gasteiger partial charge is 0.246 e. The minimum absolute atomic E-state index is 0.0460. The minimum Gasteiger partial charge on any atom is -0.504 e. The first kappa shape index (κ1) is 23.1. The number of amides is 1. The number of phenolic OH excluding ortho intramolecular Hbond substituents is 1. The van der Waals surface area contributed by atoms with Gasteiger partial charge in [0.15, 0.2) is 11.5 Å². The van der Waals surface area contributed by atoms with Crippen molar-refractivity contribution in [2.24, 2.45) is 5.92 Å². The third-order valence-electron chi connectivity index (χ3n) is 9.57. The Bertz CT molecular complexity index is 1350. The number of hydrogen-bond acceptors (Lipinski definition) is 5. The number of aliphatic hydroxyl groups is 1. The standard InChI is InChI=1S/C31H34N2O4/c1-19-4-3-5-20(16-19)8-11-26(35)32(2)23-12-13-31(36)25-17-22-9-10-24(34)28-27(22)30(31,29(23)37-28)14-15-33(25)18-21-6-7-21/h3-5,8-13,16,21,23,25,29,34,36H,6-7,14-15,17-18H2,1-2H3/t23-,25+,29-,30-,31+/m0/s1. The van der Waals surface area contributed by atoms with Crippen LogP contribution in [0.4, 0.5) is 0 Å². The van der Waals surface area contributed by atoms with Crippen molar-refractivity contribution in [2.45, 2.75) is 61.8 Å². The van der Waals surface area contributed by atoms with Crippen LogP contribution in [0.5, 0.6) is 11.5 Å². The average Bonchev–Trinajstić information content (AvgIpc) is 3.62. The quantitative estimate of drug-likeness (QED) is 0.487. The molecule has 1 spiro atoms. The Hall–Kier alpha value is -3.09. The van der Waals surface area contributed by atoms with Gasteiger partial charge in [-0.3, -0.25) is 9.69 Å². The van der Waals surface area contributed by atoms with E-state index in [9.17, 15) is 15.0 Å². The van der Waals surface area contributed by atoms with Crippen LogP contribution in [0, 0.1) is 12.8 Å². The molecular weight excluding hydrogens is 464 g/mol. The fraction of sp³-hybridized carbons (Fsp3) is 0.452. The summed E-state index contributed by atoms with van der Waals surface area (Å²) in [5, 5.41) is 23.3. The van der Waals surface area contributed by atoms with Crippen LogP contribution in [0.15, 0.2) is 54.6 Å². The summed E-state index contributed by atoms with van der Waals surface area (Å²) in [4.78, 5) is 17.5. The number of phenols is 1. The van der Waals surface area contributed by atoms with Crippen LogP contribution < -0.4 is 4.74 Å². The molecule has 2 heterocycles. The van der Waals surface area contributed by atoms with Gasteiger partial charge in [-0.05, 0) is 68.3 Å². The molecule has 0 aromatic heterocycles. The number of rotatable bonds is 5. The molecule has 2 bridgehead atoms. The number of piperidine rings is 1. The lowest BCUT2D eigenvalue weighted by Gasteiger charge is -2.62. The fourth-order valence-corrected chi connectivity index (χ4v) is 7.56. The molecule has 2 aromatic rings. The van der Waals surface area contributed by atoms with Gasteiger partial charge in [0.05, 0.1) is 11.5 Å². The van der Waals surface area contributed by atoms with Crippen molar-refractivity contribution in [3.05, 3.63) is 76.9 Å². The van der Waals surface area contributed by atoms with E-state index < -0.39 is 17.1 Å². The van der Waals surface area contributed by atoms with E-state index in [-0.39, 0.29) is 23.7 Å². The molecule has 2 aromatic carbocycles. The highest BCUT2D eigenvalue weighted by Crippen LogP contribution is 2.64. The van der Waals surface area contributed by atoms with Crippen molar-refractivity contribution in [2.75, 3.05) is 20.1 Å². The molecule has 5 aliphatic rings. The maximum Gasteiger partial charge on any atom is 0.246 e. The second-order valence-corrected chi connectivity index (χ2v) is 11.7. The molecule has 2 fully saturated rings. The zero-order chi connectivity index (χ0) is 25.5. The lowest BCUT2D eigenvalue weighted by atomic mass is 9.50. The van der Waals surface area contributed by atoms with Gasteiger partial charge in [-0.2, -0.15) is 0 Å². The van der Waals surface area contributed by atoms with Gasteiger partial charge >= 0.3 is 0 Å². The van der Waals surface area contributed by atoms with Gasteiger partial charge in [-0.25, -0.2) is 0 Å². The van der Waals surface area contributed by atoms with Crippen LogP contribution in [-0.2, 0) is 16.6 Å². The monoisotopic (exact) mass is 498 g/mol. The number of benzene rings is 2. The third kappa shape index (κ3) is 3.21. The van der Waals surface area contributed by atoms with E-state index in [1.54, 1.807) is 24.1 Å². The third-order valence-corrected chi connectivity index (χ3v) is 9.57. The van der Waals surface area contributed by atoms with Crippen LogP contribution >= 0.6 is 0 Å². The first-order valence-electron chi connectivity index (χ1n) is 13.5. The number of carbonyl (C=O) groups is 1. The summed E-state index contributed by atoms with van der Waals surface area (Å²) in [5.41, 5.74) is 2.40. The van der Waals surface area contributed by atoms with Crippen LogP contribution in [0.3, 0.4) is 0 Å². The Kier molecular flexibility index (Phi) is 4.96. The summed E-state index contributed by atoms with van der Waals surface area (Å²) in [5.74, 6) is 1.20. The number of aromatic hydroxyl groups is 1. The van der Waals surface area contributed by atoms with Crippen LogP contribution in [0.25, 0.3) is 6.08 Å². The molecule has 6 nitrogen and oxygen atoms in total. The molecule has 0 unspecified atom stereocenters. The van der Waals surface area contributed by atoms with Crippen molar-refractivity contribution < 1.29 is 19.7 Å². The number of aryl methyl sites for hydroxylation is 1. The van der Waals surface area contributed by atoms with Gasteiger partial charge in [-0.1, -0.05) is 48.0 Å². The Labute approximate surface area is 217 Å². The molecule has 7 rings (SSSR count). The van der Waals surface area contributed by atoms with Crippen LogP contribution in [0.1, 0.15) is 41.5 Å². The maximum atomic E-state index is 13.4. The number of likely N-dealkylation sites (tertiary alicyclic amines) is 1. The number of likely N-dealkylation sites (N-methyl/N-ethyl adjacent to an activating group) is 1. The summed E-state index contributed by atoms with van der Waals surface area (Å²) in [7, 11) is 1.80. The van der Waals surface area contributed by atoms with Crippen LogP contribution in [-0.4, -0.2) is 69.8 Å². The van der Waals surface area contributed by atoms with E-state index in [2.05, 4.69) is 4.90 Å². The molecular formula is C31H34N2O4. The van der Waals surface area contributed by atoms with Gasteiger partial charge in [0.1, 0.15) is 11.7 Å². The topological polar surface area (TPSA) is 73.2 Å². The fourth-order valence-electron chi connectivity index (χ4n) is 7.56. The first-order valence-corrected chi connectivity index (χ1v) is 13.5. The van der Waals surface area contributed by atoms with Gasteiger partial charge in [0, 0.05) is 31.3 Å². The van der Waals surface area contributed by atoms with Crippen molar-refractivity contribution in [1.82, 2.24) is 9.80 Å². The molecule has 1 saturated heterocycles. The van der Waals surface area contributed by atoms with E-state index in [1.165, 1.54) is 12.8 Å². The maximum absolute atomic E-state index is 13.4. The summed E-state index contributed by atoms with van der Waals surface area (Å²) in [6.45, 7) is 3.93. The summed E-state index contributed by atoms with van der Waals surface area (Å²) >= 11 is 0. The van der Waals surface area contributed by atoms with Gasteiger partial charge < -0.3 is 19.8 Å². The first-order chi connectivity index (χ1) is 17.8. The molecule has 192 valence electrons. The Balaban J connectivity index is 1.27. The molecule has 2 aliphatic heterocycles. The van der Waals surface area contributed by atoms with E-state index in [4.69, 9.17) is 4.74 Å². The Morgan fingerprint density at radius 1 is 1.27 bits per heavy atom. The predicted octanol–water partition coefficient (Wildman–Crippen LogP) is 3.58. The van der Waals surface area contributed by atoms with Crippen molar-refractivity contribution in [3.8, 4) is 11.5 Å². The molecule has 1 amide bonds. The highest BCUT2D eigenvalue weighted by molar-refractivity contribution is 5.92. The number of carbonyl (C=O) groups excluding carboxylic acids is 1. The van der Waals surface area contributed by atoms with E-state index in [0.29, 0.717) is 5.75 Å². The number of nitrogens with zero attached hydrogens (tertiary/aromatic N) is 2. The SMILES string of the molecule is Cc1cccc(C=CC(=O)N(C)[C@H]2C=C[C@@]3(O)[C@H]4Cc5ccc(O)c6c5[C@@]3(CCN4CC3CC3)[C@H]2O6)c1. The minimum atomic E-state index is -1.12. The normalized spacial score (nSPS) is 33.3. The average molecular weight is 499 g/mol.